The minimum Gasteiger partial charge on any atom is -0.324 e. The van der Waals surface area contributed by atoms with Gasteiger partial charge in [0, 0.05) is 12.1 Å². The first-order valence-electron chi connectivity index (χ1n) is 6.83. The Bertz CT molecular complexity index is 571. The standard InChI is InChI=1S/C14H20N2O2S/c15-13-7-14(12-4-2-1-3-11(12)13)16-8-10-5-6-19(17,18)9-10/h1-4,10,13-14,16H,5-9,15H2. The summed E-state index contributed by atoms with van der Waals surface area (Å²) < 4.78 is 22.9. The fourth-order valence-electron chi connectivity index (χ4n) is 3.21. The van der Waals surface area contributed by atoms with E-state index in [0.717, 1.165) is 19.4 Å². The maximum Gasteiger partial charge on any atom is 0.150 e. The van der Waals surface area contributed by atoms with E-state index in [1.807, 2.05) is 12.1 Å². The summed E-state index contributed by atoms with van der Waals surface area (Å²) in [6.45, 7) is 0.769. The number of nitrogens with one attached hydrogen (secondary N) is 1. The van der Waals surface area contributed by atoms with Crippen LogP contribution >= 0.6 is 0 Å². The Morgan fingerprint density at radius 3 is 2.68 bits per heavy atom. The van der Waals surface area contributed by atoms with Crippen molar-refractivity contribution in [3.8, 4) is 0 Å². The van der Waals surface area contributed by atoms with E-state index in [4.69, 9.17) is 5.73 Å². The molecule has 4 nitrogen and oxygen atoms in total. The van der Waals surface area contributed by atoms with Gasteiger partial charge in [0.2, 0.25) is 0 Å². The predicted molar refractivity (Wildman–Crippen MR) is 75.5 cm³/mol. The normalized spacial score (nSPS) is 32.4. The smallest absolute Gasteiger partial charge is 0.150 e. The molecule has 0 aromatic heterocycles. The predicted octanol–water partition coefficient (Wildman–Crippen LogP) is 1.16. The molecule has 1 fully saturated rings. The summed E-state index contributed by atoms with van der Waals surface area (Å²) in [5, 5.41) is 3.50. The molecule has 3 atom stereocenters. The van der Waals surface area contributed by atoms with E-state index in [9.17, 15) is 8.42 Å². The first-order chi connectivity index (χ1) is 9.05. The molecule has 3 N–H and O–H groups in total. The van der Waals surface area contributed by atoms with Gasteiger partial charge in [-0.3, -0.25) is 0 Å². The van der Waals surface area contributed by atoms with Crippen LogP contribution < -0.4 is 11.1 Å². The summed E-state index contributed by atoms with van der Waals surface area (Å²) in [7, 11) is -2.78. The lowest BCUT2D eigenvalue weighted by molar-refractivity contribution is 0.442. The summed E-state index contributed by atoms with van der Waals surface area (Å²) in [4.78, 5) is 0. The molecule has 1 heterocycles. The maximum atomic E-state index is 11.4. The minimum atomic E-state index is -2.78. The summed E-state index contributed by atoms with van der Waals surface area (Å²) in [5.74, 6) is 0.939. The first-order valence-corrected chi connectivity index (χ1v) is 8.65. The largest absolute Gasteiger partial charge is 0.324 e. The maximum absolute atomic E-state index is 11.4. The molecule has 0 bridgehead atoms. The van der Waals surface area contributed by atoms with Gasteiger partial charge in [0.1, 0.15) is 0 Å². The van der Waals surface area contributed by atoms with Gasteiger partial charge in [-0.05, 0) is 36.4 Å². The summed E-state index contributed by atoms with van der Waals surface area (Å²) in [6.07, 6.45) is 1.69. The van der Waals surface area contributed by atoms with E-state index < -0.39 is 9.84 Å². The molecule has 3 unspecified atom stereocenters. The van der Waals surface area contributed by atoms with Crippen molar-refractivity contribution in [2.45, 2.75) is 24.9 Å². The first kappa shape index (κ1) is 13.1. The molecular formula is C14H20N2O2S. The van der Waals surface area contributed by atoms with Gasteiger partial charge in [-0.25, -0.2) is 8.42 Å². The molecule has 0 spiro atoms. The van der Waals surface area contributed by atoms with Gasteiger partial charge >= 0.3 is 0 Å². The minimum absolute atomic E-state index is 0.0982. The second-order valence-electron chi connectivity index (χ2n) is 5.70. The fourth-order valence-corrected chi connectivity index (χ4v) is 5.07. The third-order valence-electron chi connectivity index (χ3n) is 4.24. The zero-order chi connectivity index (χ0) is 13.5. The molecule has 1 aliphatic heterocycles. The second kappa shape index (κ2) is 4.89. The Morgan fingerprint density at radius 2 is 2.00 bits per heavy atom. The zero-order valence-electron chi connectivity index (χ0n) is 10.9. The van der Waals surface area contributed by atoms with Crippen LogP contribution in [0.25, 0.3) is 0 Å². The van der Waals surface area contributed by atoms with E-state index >= 15 is 0 Å². The molecule has 1 saturated heterocycles. The number of hydrogen-bond acceptors (Lipinski definition) is 4. The van der Waals surface area contributed by atoms with Crippen molar-refractivity contribution in [2.24, 2.45) is 11.7 Å². The van der Waals surface area contributed by atoms with Gasteiger partial charge < -0.3 is 11.1 Å². The average Bonchev–Trinajstić information content (AvgIpc) is 2.88. The quantitative estimate of drug-likeness (QED) is 0.871. The van der Waals surface area contributed by atoms with Crippen molar-refractivity contribution in [3.05, 3.63) is 35.4 Å². The van der Waals surface area contributed by atoms with Crippen LogP contribution in [0.5, 0.6) is 0 Å². The number of fused-ring (bicyclic) bond motifs is 1. The number of rotatable bonds is 3. The van der Waals surface area contributed by atoms with Crippen LogP contribution in [0.3, 0.4) is 0 Å². The average molecular weight is 280 g/mol. The Kier molecular flexibility index (Phi) is 3.37. The van der Waals surface area contributed by atoms with Crippen molar-refractivity contribution in [3.63, 3.8) is 0 Å². The highest BCUT2D eigenvalue weighted by Gasteiger charge is 2.31. The van der Waals surface area contributed by atoms with Crippen molar-refractivity contribution >= 4 is 9.84 Å². The van der Waals surface area contributed by atoms with Gasteiger partial charge in [0.25, 0.3) is 0 Å². The molecule has 0 amide bonds. The lowest BCUT2D eigenvalue weighted by Gasteiger charge is -2.16. The fraction of sp³-hybridized carbons (Fsp3) is 0.571. The second-order valence-corrected chi connectivity index (χ2v) is 7.93. The van der Waals surface area contributed by atoms with Crippen molar-refractivity contribution in [2.75, 3.05) is 18.1 Å². The van der Waals surface area contributed by atoms with Gasteiger partial charge in [0.05, 0.1) is 11.5 Å². The zero-order valence-corrected chi connectivity index (χ0v) is 11.7. The van der Waals surface area contributed by atoms with E-state index in [0.29, 0.717) is 11.5 Å². The van der Waals surface area contributed by atoms with E-state index in [1.54, 1.807) is 0 Å². The molecule has 1 aliphatic carbocycles. The highest BCUT2D eigenvalue weighted by atomic mass is 32.2. The Hall–Kier alpha value is -0.910. The summed E-state index contributed by atoms with van der Waals surface area (Å²) in [5.41, 5.74) is 8.62. The SMILES string of the molecule is NC1CC(NCC2CCS(=O)(=O)C2)c2ccccc21. The highest BCUT2D eigenvalue weighted by Crippen LogP contribution is 2.37. The molecule has 5 heteroatoms. The number of hydrogen-bond donors (Lipinski definition) is 2. The number of nitrogens with two attached hydrogens (primary N) is 1. The molecule has 0 radical (unpaired) electrons. The van der Waals surface area contributed by atoms with Gasteiger partial charge in [-0.15, -0.1) is 0 Å². The monoisotopic (exact) mass is 280 g/mol. The third-order valence-corrected chi connectivity index (χ3v) is 6.08. The highest BCUT2D eigenvalue weighted by molar-refractivity contribution is 7.91. The van der Waals surface area contributed by atoms with E-state index in [1.165, 1.54) is 11.1 Å². The molecule has 104 valence electrons. The van der Waals surface area contributed by atoms with Crippen molar-refractivity contribution in [1.29, 1.82) is 0 Å². The summed E-state index contributed by atoms with van der Waals surface area (Å²) in [6, 6.07) is 8.62. The topological polar surface area (TPSA) is 72.2 Å². The molecule has 2 aliphatic rings. The molecular weight excluding hydrogens is 260 g/mol. The lowest BCUT2D eigenvalue weighted by Crippen LogP contribution is -2.27. The van der Waals surface area contributed by atoms with E-state index in [-0.39, 0.29) is 18.0 Å². The lowest BCUT2D eigenvalue weighted by atomic mass is 10.1. The summed E-state index contributed by atoms with van der Waals surface area (Å²) >= 11 is 0. The van der Waals surface area contributed by atoms with Crippen LogP contribution in [-0.4, -0.2) is 26.5 Å². The van der Waals surface area contributed by atoms with Crippen molar-refractivity contribution < 1.29 is 8.42 Å². The van der Waals surface area contributed by atoms with Crippen LogP contribution in [0.1, 0.15) is 36.1 Å². The van der Waals surface area contributed by atoms with Crippen LogP contribution in [0.4, 0.5) is 0 Å². The molecule has 0 saturated carbocycles. The Morgan fingerprint density at radius 1 is 1.26 bits per heavy atom. The van der Waals surface area contributed by atoms with Gasteiger partial charge in [-0.2, -0.15) is 0 Å². The Balaban J connectivity index is 1.63. The number of sulfone groups is 1. The third kappa shape index (κ3) is 2.68. The molecule has 19 heavy (non-hydrogen) atoms. The number of benzene rings is 1. The molecule has 1 aromatic carbocycles. The van der Waals surface area contributed by atoms with Gasteiger partial charge in [-0.1, -0.05) is 24.3 Å². The van der Waals surface area contributed by atoms with E-state index in [2.05, 4.69) is 17.4 Å². The molecule has 3 rings (SSSR count). The van der Waals surface area contributed by atoms with Gasteiger partial charge in [0.15, 0.2) is 9.84 Å². The van der Waals surface area contributed by atoms with Crippen molar-refractivity contribution in [1.82, 2.24) is 5.32 Å². The van der Waals surface area contributed by atoms with Crippen LogP contribution in [-0.2, 0) is 9.84 Å². The molecule has 1 aromatic rings. The van der Waals surface area contributed by atoms with Crippen LogP contribution in [0.2, 0.25) is 0 Å². The Labute approximate surface area is 114 Å². The van der Waals surface area contributed by atoms with Crippen LogP contribution in [0, 0.1) is 5.92 Å². The van der Waals surface area contributed by atoms with Crippen LogP contribution in [0.15, 0.2) is 24.3 Å².